The Morgan fingerprint density at radius 2 is 1.92 bits per heavy atom. The Hall–Kier alpha value is -2.18. The highest BCUT2D eigenvalue weighted by Gasteiger charge is 2.24. The van der Waals surface area contributed by atoms with Gasteiger partial charge in [-0.3, -0.25) is 9.69 Å². The van der Waals surface area contributed by atoms with E-state index in [1.807, 2.05) is 0 Å². The highest BCUT2D eigenvalue weighted by Crippen LogP contribution is 2.21. The van der Waals surface area contributed by atoms with Gasteiger partial charge in [0, 0.05) is 19.3 Å². The van der Waals surface area contributed by atoms with Crippen molar-refractivity contribution < 1.29 is 9.84 Å². The first-order valence-electron chi connectivity index (χ1n) is 8.39. The maximum atomic E-state index is 13.0. The number of nitrogens with zero attached hydrogens (tertiary/aromatic N) is 3. The van der Waals surface area contributed by atoms with Gasteiger partial charge >= 0.3 is 0 Å². The molecule has 6 nitrogen and oxygen atoms in total. The molecule has 2 heterocycles. The summed E-state index contributed by atoms with van der Waals surface area (Å²) >= 11 is 0. The number of hydrogen-bond acceptors (Lipinski definition) is 5. The molecule has 3 rings (SSSR count). The Labute approximate surface area is 141 Å². The zero-order valence-corrected chi connectivity index (χ0v) is 13.9. The van der Waals surface area contributed by atoms with Gasteiger partial charge in [-0.1, -0.05) is 25.5 Å². The molecule has 1 N–H and O–H groups in total. The van der Waals surface area contributed by atoms with Crippen molar-refractivity contribution in [2.75, 3.05) is 26.3 Å². The molecule has 2 aromatic rings. The molecule has 1 fully saturated rings. The minimum atomic E-state index is -0.104. The lowest BCUT2D eigenvalue weighted by Crippen LogP contribution is -2.45. The van der Waals surface area contributed by atoms with Crippen molar-refractivity contribution in [1.82, 2.24) is 14.7 Å². The van der Waals surface area contributed by atoms with Crippen molar-refractivity contribution in [3.05, 3.63) is 46.9 Å². The van der Waals surface area contributed by atoms with Gasteiger partial charge in [0.2, 0.25) is 0 Å². The fraction of sp³-hybridized carbons (Fsp3) is 0.444. The van der Waals surface area contributed by atoms with E-state index in [2.05, 4.69) is 16.9 Å². The highest BCUT2D eigenvalue weighted by molar-refractivity contribution is 5.62. The lowest BCUT2D eigenvalue weighted by molar-refractivity contribution is -0.00926. The minimum Gasteiger partial charge on any atom is -0.508 e. The van der Waals surface area contributed by atoms with E-state index in [0.717, 1.165) is 31.5 Å². The molecular formula is C18H23N3O3. The molecule has 6 heteroatoms. The first kappa shape index (κ1) is 16.7. The average Bonchev–Trinajstić information content (AvgIpc) is 2.62. The van der Waals surface area contributed by atoms with Crippen LogP contribution in [0.25, 0.3) is 11.1 Å². The van der Waals surface area contributed by atoms with E-state index >= 15 is 0 Å². The van der Waals surface area contributed by atoms with Crippen LogP contribution in [0.15, 0.2) is 41.3 Å². The zero-order valence-electron chi connectivity index (χ0n) is 13.9. The first-order chi connectivity index (χ1) is 11.7. The number of phenols is 1. The second kappa shape index (κ2) is 7.59. The SMILES string of the molecule is CCCC(N1CCOCC1)n1nccc(-c2ccc(O)cc2)c1=O. The molecule has 0 bridgehead atoms. The van der Waals surface area contributed by atoms with E-state index in [4.69, 9.17) is 4.74 Å². The van der Waals surface area contributed by atoms with Gasteiger partial charge in [-0.25, -0.2) is 4.68 Å². The van der Waals surface area contributed by atoms with Crippen molar-refractivity contribution in [3.8, 4) is 16.9 Å². The number of hydrogen-bond donors (Lipinski definition) is 1. The molecule has 1 atom stereocenters. The summed E-state index contributed by atoms with van der Waals surface area (Å²) in [5, 5.41) is 13.8. The van der Waals surface area contributed by atoms with E-state index in [1.54, 1.807) is 41.2 Å². The van der Waals surface area contributed by atoms with Crippen LogP contribution in [0.2, 0.25) is 0 Å². The summed E-state index contributed by atoms with van der Waals surface area (Å²) in [6.07, 6.45) is 3.46. The number of morpholine rings is 1. The van der Waals surface area contributed by atoms with Crippen molar-refractivity contribution >= 4 is 0 Å². The molecule has 1 aromatic heterocycles. The molecule has 1 aliphatic heterocycles. The van der Waals surface area contributed by atoms with Crippen LogP contribution in [0.4, 0.5) is 0 Å². The quantitative estimate of drug-likeness (QED) is 0.911. The second-order valence-corrected chi connectivity index (χ2v) is 5.96. The van der Waals surface area contributed by atoms with Gasteiger partial charge in [0.15, 0.2) is 0 Å². The van der Waals surface area contributed by atoms with Crippen LogP contribution in [-0.4, -0.2) is 46.1 Å². The van der Waals surface area contributed by atoms with Crippen molar-refractivity contribution in [2.24, 2.45) is 0 Å². The van der Waals surface area contributed by atoms with Crippen LogP contribution >= 0.6 is 0 Å². The standard InChI is InChI=1S/C18H23N3O3/c1-2-3-17(20-10-12-24-13-11-20)21-18(23)16(8-9-19-21)14-4-6-15(22)7-5-14/h4-9,17,22H,2-3,10-13H2,1H3. The van der Waals surface area contributed by atoms with E-state index in [9.17, 15) is 9.90 Å². The number of phenolic OH excluding ortho intramolecular Hbond substituents is 1. The van der Waals surface area contributed by atoms with Crippen molar-refractivity contribution in [3.63, 3.8) is 0 Å². The van der Waals surface area contributed by atoms with E-state index < -0.39 is 0 Å². The molecule has 0 radical (unpaired) electrons. The van der Waals surface area contributed by atoms with Crippen LogP contribution in [0.1, 0.15) is 25.9 Å². The topological polar surface area (TPSA) is 67.6 Å². The van der Waals surface area contributed by atoms with Crippen molar-refractivity contribution in [1.29, 1.82) is 0 Å². The van der Waals surface area contributed by atoms with Crippen LogP contribution in [0.3, 0.4) is 0 Å². The highest BCUT2D eigenvalue weighted by atomic mass is 16.5. The largest absolute Gasteiger partial charge is 0.508 e. The molecule has 1 saturated heterocycles. The summed E-state index contributed by atoms with van der Waals surface area (Å²) in [6, 6.07) is 8.41. The lowest BCUT2D eigenvalue weighted by Gasteiger charge is -2.34. The average molecular weight is 329 g/mol. The van der Waals surface area contributed by atoms with E-state index in [-0.39, 0.29) is 17.5 Å². The molecule has 0 aliphatic carbocycles. The fourth-order valence-corrected chi connectivity index (χ4v) is 3.09. The first-order valence-corrected chi connectivity index (χ1v) is 8.39. The maximum absolute atomic E-state index is 13.0. The number of aromatic nitrogens is 2. The van der Waals surface area contributed by atoms with Crippen LogP contribution < -0.4 is 5.56 Å². The van der Waals surface area contributed by atoms with Gasteiger partial charge in [-0.05, 0) is 30.2 Å². The third-order valence-electron chi connectivity index (χ3n) is 4.35. The summed E-state index contributed by atoms with van der Waals surface area (Å²) < 4.78 is 7.02. The third kappa shape index (κ3) is 3.49. The fourth-order valence-electron chi connectivity index (χ4n) is 3.09. The molecule has 0 spiro atoms. The van der Waals surface area contributed by atoms with Gasteiger partial charge in [0.1, 0.15) is 11.9 Å². The van der Waals surface area contributed by atoms with Crippen LogP contribution in [0, 0.1) is 0 Å². The van der Waals surface area contributed by atoms with Gasteiger partial charge in [-0.2, -0.15) is 5.10 Å². The zero-order chi connectivity index (χ0) is 16.9. The Kier molecular flexibility index (Phi) is 5.27. The number of aromatic hydroxyl groups is 1. The van der Waals surface area contributed by atoms with Gasteiger partial charge < -0.3 is 9.84 Å². The van der Waals surface area contributed by atoms with Crippen LogP contribution in [-0.2, 0) is 4.74 Å². The molecular weight excluding hydrogens is 306 g/mol. The molecule has 1 aliphatic rings. The monoisotopic (exact) mass is 329 g/mol. The third-order valence-corrected chi connectivity index (χ3v) is 4.35. The number of rotatable bonds is 5. The summed E-state index contributed by atoms with van der Waals surface area (Å²) in [5.41, 5.74) is 1.28. The summed E-state index contributed by atoms with van der Waals surface area (Å²) in [5.74, 6) is 0.185. The van der Waals surface area contributed by atoms with Gasteiger partial charge in [0.05, 0.1) is 18.8 Å². The molecule has 1 unspecified atom stereocenters. The van der Waals surface area contributed by atoms with E-state index in [0.29, 0.717) is 18.8 Å². The number of benzene rings is 1. The molecule has 128 valence electrons. The molecule has 24 heavy (non-hydrogen) atoms. The lowest BCUT2D eigenvalue weighted by atomic mass is 10.1. The normalized spacial score (nSPS) is 16.9. The predicted octanol–water partition coefficient (Wildman–Crippen LogP) is 2.25. The van der Waals surface area contributed by atoms with Crippen molar-refractivity contribution in [2.45, 2.75) is 25.9 Å². The predicted molar refractivity (Wildman–Crippen MR) is 91.9 cm³/mol. The molecule has 0 saturated carbocycles. The van der Waals surface area contributed by atoms with E-state index in [1.165, 1.54) is 0 Å². The second-order valence-electron chi connectivity index (χ2n) is 5.96. The minimum absolute atomic E-state index is 0.0523. The Morgan fingerprint density at radius 1 is 1.21 bits per heavy atom. The number of ether oxygens (including phenoxy) is 1. The molecule has 0 amide bonds. The van der Waals surface area contributed by atoms with Gasteiger partial charge in [-0.15, -0.1) is 0 Å². The Morgan fingerprint density at radius 3 is 2.58 bits per heavy atom. The summed E-state index contributed by atoms with van der Waals surface area (Å²) in [4.78, 5) is 15.3. The Balaban J connectivity index is 1.98. The molecule has 1 aromatic carbocycles. The smallest absolute Gasteiger partial charge is 0.276 e. The van der Waals surface area contributed by atoms with Crippen LogP contribution in [0.5, 0.6) is 5.75 Å². The Bertz CT molecular complexity index is 721. The summed E-state index contributed by atoms with van der Waals surface area (Å²) in [7, 11) is 0. The van der Waals surface area contributed by atoms with Gasteiger partial charge in [0.25, 0.3) is 5.56 Å². The maximum Gasteiger partial charge on any atom is 0.276 e. The summed E-state index contributed by atoms with van der Waals surface area (Å²) in [6.45, 7) is 5.10.